The molecule has 1 aliphatic heterocycles. The first-order valence-corrected chi connectivity index (χ1v) is 6.82. The number of hydrogen-bond donors (Lipinski definition) is 1. The lowest BCUT2D eigenvalue weighted by Crippen LogP contribution is -2.59. The highest BCUT2D eigenvalue weighted by atomic mass is 35.5. The molecule has 19 heavy (non-hydrogen) atoms. The van der Waals surface area contributed by atoms with Gasteiger partial charge in [0.05, 0.1) is 21.8 Å². The molecule has 1 aliphatic rings. The Labute approximate surface area is 117 Å². The van der Waals surface area contributed by atoms with E-state index in [0.29, 0.717) is 19.6 Å². The third-order valence-corrected chi connectivity index (χ3v) is 4.15. The molecule has 0 aliphatic carbocycles. The van der Waals surface area contributed by atoms with Crippen LogP contribution in [0.4, 0.5) is 0 Å². The molecule has 3 nitrogen and oxygen atoms in total. The summed E-state index contributed by atoms with van der Waals surface area (Å²) in [5, 5.41) is 11.6. The maximum absolute atomic E-state index is 9.76. The van der Waals surface area contributed by atoms with Crippen LogP contribution in [-0.2, 0) is 6.54 Å². The predicted molar refractivity (Wildman–Crippen MR) is 77.4 cm³/mol. The molecule has 3 rings (SSSR count). The Kier molecular flexibility index (Phi) is 3.01. The van der Waals surface area contributed by atoms with Crippen LogP contribution in [-0.4, -0.2) is 33.7 Å². The summed E-state index contributed by atoms with van der Waals surface area (Å²) in [6.07, 6.45) is 0. The molecule has 1 N–H and O–H groups in total. The molecule has 0 amide bonds. The molecule has 0 bridgehead atoms. The molecular formula is C15H17ClN2O. The van der Waals surface area contributed by atoms with Gasteiger partial charge in [0.15, 0.2) is 0 Å². The molecule has 1 fully saturated rings. The van der Waals surface area contributed by atoms with Gasteiger partial charge >= 0.3 is 0 Å². The quantitative estimate of drug-likeness (QED) is 0.916. The smallest absolute Gasteiger partial charge is 0.0872 e. The predicted octanol–water partition coefficient (Wildman–Crippen LogP) is 2.76. The molecular weight excluding hydrogens is 260 g/mol. The maximum Gasteiger partial charge on any atom is 0.0872 e. The number of β-amino-alcohol motifs (C(OH)–C–C–N with tert-alkyl or cyclic N) is 1. The van der Waals surface area contributed by atoms with Gasteiger partial charge < -0.3 is 5.11 Å². The van der Waals surface area contributed by atoms with Crippen molar-refractivity contribution in [2.45, 2.75) is 26.0 Å². The monoisotopic (exact) mass is 276 g/mol. The molecule has 0 radical (unpaired) electrons. The average Bonchev–Trinajstić information content (AvgIpc) is 2.33. The van der Waals surface area contributed by atoms with Gasteiger partial charge in [0.2, 0.25) is 0 Å². The highest BCUT2D eigenvalue weighted by molar-refractivity contribution is 6.32. The van der Waals surface area contributed by atoms with E-state index in [1.807, 2.05) is 38.1 Å². The van der Waals surface area contributed by atoms with Crippen LogP contribution in [0, 0.1) is 6.92 Å². The van der Waals surface area contributed by atoms with Crippen LogP contribution in [0.25, 0.3) is 10.9 Å². The van der Waals surface area contributed by atoms with Crippen LogP contribution in [0.15, 0.2) is 24.3 Å². The summed E-state index contributed by atoms with van der Waals surface area (Å²) in [7, 11) is 0. The standard InChI is InChI=1S/C15H17ClN2O/c1-10-11-5-3-4-6-12(11)17-13(14(10)16)7-18-8-15(2,19)9-18/h3-6,19H,7-9H2,1-2H3. The molecule has 0 atom stereocenters. The van der Waals surface area contributed by atoms with Gasteiger partial charge in [-0.2, -0.15) is 0 Å². The second kappa shape index (κ2) is 4.44. The Morgan fingerprint density at radius 3 is 2.74 bits per heavy atom. The van der Waals surface area contributed by atoms with Crippen molar-refractivity contribution in [1.29, 1.82) is 0 Å². The van der Waals surface area contributed by atoms with Gasteiger partial charge in [-0.15, -0.1) is 0 Å². The molecule has 100 valence electrons. The van der Waals surface area contributed by atoms with Crippen LogP contribution in [0.5, 0.6) is 0 Å². The van der Waals surface area contributed by atoms with Crippen molar-refractivity contribution in [3.63, 3.8) is 0 Å². The summed E-state index contributed by atoms with van der Waals surface area (Å²) in [5.41, 5.74) is 2.40. The van der Waals surface area contributed by atoms with Crippen LogP contribution < -0.4 is 0 Å². The lowest BCUT2D eigenvalue weighted by molar-refractivity contribution is -0.0875. The summed E-state index contributed by atoms with van der Waals surface area (Å²) < 4.78 is 0. The molecule has 4 heteroatoms. The largest absolute Gasteiger partial charge is 0.388 e. The highest BCUT2D eigenvalue weighted by Crippen LogP contribution is 2.29. The molecule has 1 aromatic carbocycles. The van der Waals surface area contributed by atoms with Gasteiger partial charge in [0, 0.05) is 25.0 Å². The highest BCUT2D eigenvalue weighted by Gasteiger charge is 2.36. The number of aromatic nitrogens is 1. The van der Waals surface area contributed by atoms with Crippen molar-refractivity contribution in [1.82, 2.24) is 9.88 Å². The Morgan fingerprint density at radius 1 is 1.37 bits per heavy atom. The van der Waals surface area contributed by atoms with E-state index in [4.69, 9.17) is 11.6 Å². The molecule has 0 unspecified atom stereocenters. The first-order valence-electron chi connectivity index (χ1n) is 6.45. The van der Waals surface area contributed by atoms with Gasteiger partial charge in [0.25, 0.3) is 0 Å². The lowest BCUT2D eigenvalue weighted by Gasteiger charge is -2.44. The normalized spacial score (nSPS) is 18.5. The molecule has 0 spiro atoms. The van der Waals surface area contributed by atoms with E-state index < -0.39 is 5.60 Å². The number of hydrogen-bond acceptors (Lipinski definition) is 3. The first kappa shape index (κ1) is 12.9. The average molecular weight is 277 g/mol. The number of likely N-dealkylation sites (tertiary alicyclic amines) is 1. The third-order valence-electron chi connectivity index (χ3n) is 3.65. The van der Waals surface area contributed by atoms with E-state index in [1.54, 1.807) is 0 Å². The van der Waals surface area contributed by atoms with Gasteiger partial charge in [0.1, 0.15) is 0 Å². The third kappa shape index (κ3) is 2.34. The second-order valence-corrected chi connectivity index (χ2v) is 6.03. The van der Waals surface area contributed by atoms with E-state index >= 15 is 0 Å². The molecule has 2 heterocycles. The number of benzene rings is 1. The van der Waals surface area contributed by atoms with Crippen molar-refractivity contribution < 1.29 is 5.11 Å². The Morgan fingerprint density at radius 2 is 2.05 bits per heavy atom. The Bertz CT molecular complexity index is 631. The van der Waals surface area contributed by atoms with Crippen LogP contribution in [0.2, 0.25) is 5.02 Å². The van der Waals surface area contributed by atoms with Gasteiger partial charge in [-0.1, -0.05) is 29.8 Å². The van der Waals surface area contributed by atoms with E-state index in [0.717, 1.165) is 27.2 Å². The minimum Gasteiger partial charge on any atom is -0.388 e. The summed E-state index contributed by atoms with van der Waals surface area (Å²) in [6.45, 7) is 5.93. The number of pyridine rings is 1. The SMILES string of the molecule is Cc1c(Cl)c(CN2CC(C)(O)C2)nc2ccccc12. The number of para-hydroxylation sites is 1. The fourth-order valence-electron chi connectivity index (χ4n) is 2.76. The van der Waals surface area contributed by atoms with E-state index in [1.165, 1.54) is 0 Å². The maximum atomic E-state index is 9.76. The molecule has 1 aromatic heterocycles. The minimum atomic E-state index is -0.557. The summed E-state index contributed by atoms with van der Waals surface area (Å²) in [5.74, 6) is 0. The summed E-state index contributed by atoms with van der Waals surface area (Å²) >= 11 is 6.42. The van der Waals surface area contributed by atoms with Crippen LogP contribution in [0.1, 0.15) is 18.2 Å². The number of fused-ring (bicyclic) bond motifs is 1. The number of aryl methyl sites for hydroxylation is 1. The molecule has 2 aromatic rings. The number of nitrogens with zero attached hydrogens (tertiary/aromatic N) is 2. The van der Waals surface area contributed by atoms with Crippen LogP contribution >= 0.6 is 11.6 Å². The fraction of sp³-hybridized carbons (Fsp3) is 0.400. The zero-order valence-corrected chi connectivity index (χ0v) is 11.9. The number of aliphatic hydroxyl groups is 1. The van der Waals surface area contributed by atoms with Crippen molar-refractivity contribution >= 4 is 22.5 Å². The Balaban J connectivity index is 1.94. The van der Waals surface area contributed by atoms with Crippen molar-refractivity contribution in [2.24, 2.45) is 0 Å². The fourth-order valence-corrected chi connectivity index (χ4v) is 2.97. The number of halogens is 1. The van der Waals surface area contributed by atoms with Gasteiger partial charge in [-0.05, 0) is 25.5 Å². The first-order chi connectivity index (χ1) is 8.96. The van der Waals surface area contributed by atoms with Crippen LogP contribution in [0.3, 0.4) is 0 Å². The Hall–Kier alpha value is -1.16. The van der Waals surface area contributed by atoms with E-state index in [9.17, 15) is 5.11 Å². The van der Waals surface area contributed by atoms with E-state index in [2.05, 4.69) is 9.88 Å². The van der Waals surface area contributed by atoms with Gasteiger partial charge in [-0.25, -0.2) is 4.98 Å². The number of rotatable bonds is 2. The second-order valence-electron chi connectivity index (χ2n) is 5.66. The topological polar surface area (TPSA) is 36.4 Å². The zero-order valence-electron chi connectivity index (χ0n) is 11.2. The van der Waals surface area contributed by atoms with E-state index in [-0.39, 0.29) is 0 Å². The summed E-state index contributed by atoms with van der Waals surface area (Å²) in [6, 6.07) is 8.04. The lowest BCUT2D eigenvalue weighted by atomic mass is 9.96. The zero-order chi connectivity index (χ0) is 13.6. The minimum absolute atomic E-state index is 0.557. The van der Waals surface area contributed by atoms with Crippen molar-refractivity contribution in [3.8, 4) is 0 Å². The van der Waals surface area contributed by atoms with Crippen molar-refractivity contribution in [2.75, 3.05) is 13.1 Å². The molecule has 1 saturated heterocycles. The summed E-state index contributed by atoms with van der Waals surface area (Å²) in [4.78, 5) is 6.81. The molecule has 0 saturated carbocycles. The van der Waals surface area contributed by atoms with Crippen molar-refractivity contribution in [3.05, 3.63) is 40.5 Å². The van der Waals surface area contributed by atoms with Gasteiger partial charge in [-0.3, -0.25) is 4.90 Å².